The van der Waals surface area contributed by atoms with E-state index in [-0.39, 0.29) is 6.04 Å². The van der Waals surface area contributed by atoms with Gasteiger partial charge in [-0.1, -0.05) is 18.2 Å². The molecule has 0 radical (unpaired) electrons. The molecule has 0 spiro atoms. The van der Waals surface area contributed by atoms with Gasteiger partial charge in [0.25, 0.3) is 0 Å². The number of nitrogens with one attached hydrogen (secondary N) is 1. The van der Waals surface area contributed by atoms with E-state index in [2.05, 4.69) is 38.8 Å². The van der Waals surface area contributed by atoms with Crippen LogP contribution in [0.25, 0.3) is 0 Å². The molecule has 1 saturated heterocycles. The van der Waals surface area contributed by atoms with Crippen molar-refractivity contribution < 1.29 is 13.2 Å². The summed E-state index contributed by atoms with van der Waals surface area (Å²) in [6.45, 7) is 7.11. The fourth-order valence-corrected chi connectivity index (χ4v) is 4.62. The Hall–Kier alpha value is -1.93. The molecule has 2 aromatic carbocycles. The number of morpholine rings is 1. The standard InChI is InChI=1S/C22H31N3O3S/c1-17-5-10-21(15-18(17)2)29(26,27)23-16-22(25-11-13-28-14-12-25)19-6-8-20(9-7-19)24(3)4/h5-10,15,22-23H,11-14,16H2,1-4H3/t22-/m1/s1. The molecule has 3 rings (SSSR count). The lowest BCUT2D eigenvalue weighted by Gasteiger charge is -2.35. The van der Waals surface area contributed by atoms with Gasteiger partial charge in [0, 0.05) is 45.5 Å². The van der Waals surface area contributed by atoms with Gasteiger partial charge in [0.2, 0.25) is 10.0 Å². The molecule has 1 aliphatic heterocycles. The van der Waals surface area contributed by atoms with Crippen molar-refractivity contribution >= 4 is 15.7 Å². The Balaban J connectivity index is 1.81. The highest BCUT2D eigenvalue weighted by Gasteiger charge is 2.25. The number of ether oxygens (including phenoxy) is 1. The van der Waals surface area contributed by atoms with Crippen molar-refractivity contribution in [1.29, 1.82) is 0 Å². The molecule has 0 bridgehead atoms. The van der Waals surface area contributed by atoms with Crippen LogP contribution >= 0.6 is 0 Å². The Kier molecular flexibility index (Phi) is 6.95. The molecule has 0 aliphatic carbocycles. The second-order valence-electron chi connectivity index (χ2n) is 7.75. The van der Waals surface area contributed by atoms with Crippen LogP contribution in [0.15, 0.2) is 47.4 Å². The van der Waals surface area contributed by atoms with Crippen LogP contribution in [0.2, 0.25) is 0 Å². The normalized spacial score (nSPS) is 16.6. The number of aryl methyl sites for hydroxylation is 2. The van der Waals surface area contributed by atoms with Gasteiger partial charge in [-0.3, -0.25) is 4.90 Å². The molecule has 1 heterocycles. The Morgan fingerprint density at radius 3 is 2.28 bits per heavy atom. The minimum Gasteiger partial charge on any atom is -0.379 e. The molecule has 158 valence electrons. The number of hydrogen-bond donors (Lipinski definition) is 1. The molecule has 1 fully saturated rings. The van der Waals surface area contributed by atoms with Crippen LogP contribution in [-0.4, -0.2) is 60.3 Å². The van der Waals surface area contributed by atoms with Gasteiger partial charge in [-0.2, -0.15) is 0 Å². The Bertz CT molecular complexity index is 921. The van der Waals surface area contributed by atoms with E-state index in [1.54, 1.807) is 12.1 Å². The van der Waals surface area contributed by atoms with Crippen molar-refractivity contribution in [2.24, 2.45) is 0 Å². The second-order valence-corrected chi connectivity index (χ2v) is 9.52. The number of rotatable bonds is 7. The highest BCUT2D eigenvalue weighted by atomic mass is 32.2. The van der Waals surface area contributed by atoms with Crippen LogP contribution in [-0.2, 0) is 14.8 Å². The number of nitrogens with zero attached hydrogens (tertiary/aromatic N) is 2. The number of anilines is 1. The molecule has 0 saturated carbocycles. The average Bonchev–Trinajstić information content (AvgIpc) is 2.71. The van der Waals surface area contributed by atoms with E-state index in [9.17, 15) is 8.42 Å². The van der Waals surface area contributed by atoms with E-state index in [0.717, 1.165) is 35.5 Å². The smallest absolute Gasteiger partial charge is 0.240 e. The van der Waals surface area contributed by atoms with Crippen LogP contribution < -0.4 is 9.62 Å². The Morgan fingerprint density at radius 1 is 1.03 bits per heavy atom. The number of sulfonamides is 1. The number of benzene rings is 2. The van der Waals surface area contributed by atoms with Gasteiger partial charge in [-0.15, -0.1) is 0 Å². The van der Waals surface area contributed by atoms with E-state index in [4.69, 9.17) is 4.74 Å². The molecule has 29 heavy (non-hydrogen) atoms. The summed E-state index contributed by atoms with van der Waals surface area (Å²) < 4.78 is 34.1. The summed E-state index contributed by atoms with van der Waals surface area (Å²) in [5.41, 5.74) is 4.26. The SMILES string of the molecule is Cc1ccc(S(=O)(=O)NC[C@H](c2ccc(N(C)C)cc2)N2CCOCC2)cc1C. The lowest BCUT2D eigenvalue weighted by atomic mass is 10.0. The highest BCUT2D eigenvalue weighted by Crippen LogP contribution is 2.24. The zero-order chi connectivity index (χ0) is 21.0. The van der Waals surface area contributed by atoms with Crippen LogP contribution in [0, 0.1) is 13.8 Å². The van der Waals surface area contributed by atoms with E-state index < -0.39 is 10.0 Å². The molecule has 2 aromatic rings. The van der Waals surface area contributed by atoms with Crippen molar-refractivity contribution in [3.05, 3.63) is 59.2 Å². The maximum Gasteiger partial charge on any atom is 0.240 e. The van der Waals surface area contributed by atoms with Gasteiger partial charge in [0.1, 0.15) is 0 Å². The van der Waals surface area contributed by atoms with Gasteiger partial charge < -0.3 is 9.64 Å². The number of hydrogen-bond acceptors (Lipinski definition) is 5. The first-order chi connectivity index (χ1) is 13.8. The predicted octanol–water partition coefficient (Wildman–Crippen LogP) is 2.72. The van der Waals surface area contributed by atoms with Gasteiger partial charge in [0.15, 0.2) is 0 Å². The topological polar surface area (TPSA) is 61.9 Å². The van der Waals surface area contributed by atoms with Gasteiger partial charge in [-0.25, -0.2) is 13.1 Å². The van der Waals surface area contributed by atoms with Gasteiger partial charge in [0.05, 0.1) is 18.1 Å². The zero-order valence-corrected chi connectivity index (χ0v) is 18.5. The first kappa shape index (κ1) is 21.8. The minimum absolute atomic E-state index is 0.0450. The molecule has 0 amide bonds. The molecular formula is C22H31N3O3S. The second kappa shape index (κ2) is 9.26. The fourth-order valence-electron chi connectivity index (χ4n) is 3.49. The third-order valence-corrected chi connectivity index (χ3v) is 6.96. The average molecular weight is 418 g/mol. The predicted molar refractivity (Wildman–Crippen MR) is 117 cm³/mol. The summed E-state index contributed by atoms with van der Waals surface area (Å²) in [5.74, 6) is 0. The summed E-state index contributed by atoms with van der Waals surface area (Å²) in [6, 6.07) is 13.5. The fraction of sp³-hybridized carbons (Fsp3) is 0.455. The maximum atomic E-state index is 12.9. The van der Waals surface area contributed by atoms with E-state index in [1.807, 2.05) is 34.0 Å². The van der Waals surface area contributed by atoms with E-state index in [1.165, 1.54) is 0 Å². The molecule has 1 N–H and O–H groups in total. The zero-order valence-electron chi connectivity index (χ0n) is 17.7. The monoisotopic (exact) mass is 417 g/mol. The van der Waals surface area contributed by atoms with Crippen molar-refractivity contribution in [2.75, 3.05) is 51.8 Å². The van der Waals surface area contributed by atoms with Crippen LogP contribution in [0.5, 0.6) is 0 Å². The summed E-state index contributed by atoms with van der Waals surface area (Å²) >= 11 is 0. The summed E-state index contributed by atoms with van der Waals surface area (Å²) in [6.07, 6.45) is 0. The van der Waals surface area contributed by atoms with E-state index in [0.29, 0.717) is 24.7 Å². The largest absolute Gasteiger partial charge is 0.379 e. The quantitative estimate of drug-likeness (QED) is 0.751. The Labute approximate surface area is 174 Å². The lowest BCUT2D eigenvalue weighted by molar-refractivity contribution is 0.0172. The molecule has 0 unspecified atom stereocenters. The van der Waals surface area contributed by atoms with Crippen molar-refractivity contribution in [3.63, 3.8) is 0 Å². The lowest BCUT2D eigenvalue weighted by Crippen LogP contribution is -2.43. The summed E-state index contributed by atoms with van der Waals surface area (Å²) in [5, 5.41) is 0. The van der Waals surface area contributed by atoms with E-state index >= 15 is 0 Å². The molecule has 6 nitrogen and oxygen atoms in total. The molecule has 1 atom stereocenters. The Morgan fingerprint density at radius 2 is 1.69 bits per heavy atom. The molecule has 7 heteroatoms. The maximum absolute atomic E-state index is 12.9. The van der Waals surface area contributed by atoms with Gasteiger partial charge in [-0.05, 0) is 54.8 Å². The van der Waals surface area contributed by atoms with Crippen molar-refractivity contribution in [3.8, 4) is 0 Å². The summed E-state index contributed by atoms with van der Waals surface area (Å²) in [4.78, 5) is 4.65. The molecule has 1 aliphatic rings. The van der Waals surface area contributed by atoms with Crippen LogP contribution in [0.4, 0.5) is 5.69 Å². The third-order valence-electron chi connectivity index (χ3n) is 5.54. The first-order valence-corrected chi connectivity index (χ1v) is 11.4. The minimum atomic E-state index is -3.58. The molecule has 0 aromatic heterocycles. The highest BCUT2D eigenvalue weighted by molar-refractivity contribution is 7.89. The van der Waals surface area contributed by atoms with Crippen LogP contribution in [0.1, 0.15) is 22.7 Å². The first-order valence-electron chi connectivity index (χ1n) is 9.94. The van der Waals surface area contributed by atoms with Crippen molar-refractivity contribution in [1.82, 2.24) is 9.62 Å². The molecular weight excluding hydrogens is 386 g/mol. The van der Waals surface area contributed by atoms with Crippen LogP contribution in [0.3, 0.4) is 0 Å². The third kappa shape index (κ3) is 5.36. The summed E-state index contributed by atoms with van der Waals surface area (Å²) in [7, 11) is 0.433. The van der Waals surface area contributed by atoms with Crippen molar-refractivity contribution in [2.45, 2.75) is 24.8 Å². The van der Waals surface area contributed by atoms with Gasteiger partial charge >= 0.3 is 0 Å².